The van der Waals surface area contributed by atoms with Crippen LogP contribution in [0.4, 0.5) is 18.9 Å². The lowest BCUT2D eigenvalue weighted by atomic mass is 10.3. The highest BCUT2D eigenvalue weighted by atomic mass is 32.2. The number of carbonyl (C=O) groups excluding carboxylic acids is 1. The minimum Gasteiger partial charge on any atom is -0.549 e. The first kappa shape index (κ1) is 18.8. The first-order chi connectivity index (χ1) is 10.2. The molecule has 0 radical (unpaired) electrons. The normalized spacial score (nSPS) is 12.8. The van der Waals surface area contributed by atoms with Crippen LogP contribution >= 0.6 is 0 Å². The van der Waals surface area contributed by atoms with Gasteiger partial charge in [-0.1, -0.05) is 0 Å². The van der Waals surface area contributed by atoms with Gasteiger partial charge in [0.2, 0.25) is 0 Å². The number of carboxylic acid groups (broad SMARTS) is 1. The van der Waals surface area contributed by atoms with Crippen molar-refractivity contribution in [2.75, 3.05) is 5.75 Å². The minimum absolute atomic E-state index is 0.106. The summed E-state index contributed by atoms with van der Waals surface area (Å²) in [5.41, 5.74) is -7.26. The lowest BCUT2D eigenvalue weighted by molar-refractivity contribution is -0.388. The number of benzene rings is 1. The van der Waals surface area contributed by atoms with Gasteiger partial charge in [0, 0.05) is 6.07 Å². The molecule has 0 spiro atoms. The Kier molecular flexibility index (Phi) is 4.72. The van der Waals surface area contributed by atoms with E-state index < -0.39 is 57.3 Å². The summed E-state index contributed by atoms with van der Waals surface area (Å²) in [6, 6.07) is 0.290. The zero-order chi connectivity index (χ0) is 18.2. The number of carbonyl (C=O) groups is 1. The molecule has 1 aromatic carbocycles. The topological polar surface area (TPSA) is 152 Å². The van der Waals surface area contributed by atoms with Gasteiger partial charge >= 0.3 is 5.51 Å². The fraction of sp³-hybridized carbons (Fsp3) is 0.222. The monoisotopic (exact) mass is 376 g/mol. The average Bonchev–Trinajstić information content (AvgIpc) is 2.34. The number of nitro benzene ring substituents is 1. The molecule has 0 fully saturated rings. The Bertz CT molecular complexity index is 873. The van der Waals surface area contributed by atoms with E-state index in [4.69, 9.17) is 0 Å². The summed E-state index contributed by atoms with van der Waals surface area (Å²) < 4.78 is 82.8. The number of nitro groups is 1. The Labute approximate surface area is 126 Å². The quantitative estimate of drug-likeness (QED) is 0.488. The van der Waals surface area contributed by atoms with Crippen LogP contribution in [0.5, 0.6) is 0 Å². The summed E-state index contributed by atoms with van der Waals surface area (Å²) in [5.74, 6) is -3.77. The van der Waals surface area contributed by atoms with Gasteiger partial charge in [-0.2, -0.15) is 13.2 Å². The second-order valence-electron chi connectivity index (χ2n) is 3.97. The molecule has 1 aromatic rings. The van der Waals surface area contributed by atoms with Gasteiger partial charge in [-0.05, 0) is 12.1 Å². The highest BCUT2D eigenvalue weighted by Crippen LogP contribution is 2.34. The summed E-state index contributed by atoms with van der Waals surface area (Å²) in [4.78, 5) is 16.9. The first-order valence-electron chi connectivity index (χ1n) is 5.22. The number of nitrogens with zero attached hydrogens (tertiary/aromatic N) is 1. The molecule has 0 saturated heterocycles. The van der Waals surface area contributed by atoms with Crippen LogP contribution in [0, 0.1) is 10.1 Å². The van der Waals surface area contributed by atoms with Crippen molar-refractivity contribution in [2.24, 2.45) is 0 Å². The number of hydrogen-bond acceptors (Lipinski definition) is 8. The highest BCUT2D eigenvalue weighted by Gasteiger charge is 2.47. The molecule has 0 aliphatic rings. The molecule has 23 heavy (non-hydrogen) atoms. The van der Waals surface area contributed by atoms with Gasteiger partial charge in [0.1, 0.15) is 4.90 Å². The van der Waals surface area contributed by atoms with E-state index in [1.807, 2.05) is 0 Å². The lowest BCUT2D eigenvalue weighted by Gasteiger charge is -2.10. The number of aliphatic carboxylic acids is 1. The van der Waals surface area contributed by atoms with E-state index in [9.17, 15) is 50.0 Å². The van der Waals surface area contributed by atoms with Crippen LogP contribution in [0.25, 0.3) is 0 Å². The molecule has 128 valence electrons. The van der Waals surface area contributed by atoms with Crippen LogP contribution in [-0.2, 0) is 24.5 Å². The molecule has 0 amide bonds. The van der Waals surface area contributed by atoms with Crippen molar-refractivity contribution in [1.29, 1.82) is 0 Å². The summed E-state index contributed by atoms with van der Waals surface area (Å²) in [6.45, 7) is 0. The molecule has 14 heteroatoms. The van der Waals surface area contributed by atoms with Crippen molar-refractivity contribution in [1.82, 2.24) is 0 Å². The van der Waals surface area contributed by atoms with Crippen LogP contribution < -0.4 is 5.11 Å². The summed E-state index contributed by atoms with van der Waals surface area (Å²) >= 11 is 0. The maximum atomic E-state index is 12.4. The van der Waals surface area contributed by atoms with Crippen LogP contribution in [0.1, 0.15) is 0 Å². The second kappa shape index (κ2) is 5.77. The SMILES string of the molecule is O=C([O-])CS(=O)(=O)c1ccc(S(=O)(=O)C(F)(F)F)cc1[N+](=O)[O-]. The van der Waals surface area contributed by atoms with Gasteiger partial charge in [-0.3, -0.25) is 10.1 Å². The van der Waals surface area contributed by atoms with Crippen molar-refractivity contribution in [3.63, 3.8) is 0 Å². The molecule has 0 atom stereocenters. The molecule has 0 N–H and O–H groups in total. The molecule has 0 bridgehead atoms. The predicted octanol–water partition coefficient (Wildman–Crippen LogP) is -0.588. The predicted molar refractivity (Wildman–Crippen MR) is 63.4 cm³/mol. The minimum atomic E-state index is -5.95. The number of alkyl halides is 3. The fourth-order valence-electron chi connectivity index (χ4n) is 1.44. The summed E-state index contributed by atoms with van der Waals surface area (Å²) in [7, 11) is -10.8. The molecule has 0 heterocycles. The first-order valence-corrected chi connectivity index (χ1v) is 8.36. The van der Waals surface area contributed by atoms with Gasteiger partial charge < -0.3 is 9.90 Å². The molecule has 0 aliphatic carbocycles. The number of hydrogen-bond donors (Lipinski definition) is 0. The lowest BCUT2D eigenvalue weighted by Crippen LogP contribution is -2.31. The van der Waals surface area contributed by atoms with Crippen LogP contribution in [-0.4, -0.2) is 39.0 Å². The van der Waals surface area contributed by atoms with E-state index in [-0.39, 0.29) is 18.2 Å². The Morgan fingerprint density at radius 3 is 2.09 bits per heavy atom. The van der Waals surface area contributed by atoms with Crippen molar-refractivity contribution >= 4 is 31.3 Å². The van der Waals surface area contributed by atoms with Gasteiger partial charge in [0.05, 0.1) is 21.5 Å². The van der Waals surface area contributed by atoms with E-state index in [2.05, 4.69) is 0 Å². The van der Waals surface area contributed by atoms with Crippen LogP contribution in [0.3, 0.4) is 0 Å². The Balaban J connectivity index is 3.65. The Hall–Kier alpha value is -2.22. The molecule has 0 saturated carbocycles. The average molecular weight is 376 g/mol. The largest absolute Gasteiger partial charge is 0.549 e. The number of rotatable bonds is 5. The number of halogens is 3. The van der Waals surface area contributed by atoms with E-state index in [1.54, 1.807) is 0 Å². The highest BCUT2D eigenvalue weighted by molar-refractivity contribution is 7.92. The Morgan fingerprint density at radius 1 is 1.17 bits per heavy atom. The van der Waals surface area contributed by atoms with Gasteiger partial charge in [-0.25, -0.2) is 16.8 Å². The molecule has 0 unspecified atom stereocenters. The third kappa shape index (κ3) is 3.76. The molecular weight excluding hydrogens is 371 g/mol. The van der Waals surface area contributed by atoms with E-state index in [1.165, 1.54) is 0 Å². The van der Waals surface area contributed by atoms with Gasteiger partial charge in [0.15, 0.2) is 9.84 Å². The number of sulfone groups is 2. The standard InChI is InChI=1S/C9H6F3NO8S2/c10-9(11,12)23(20,21)5-1-2-7(6(3-5)13(16)17)22(18,19)4-8(14)15/h1-3H,4H2,(H,14,15)/p-1. The van der Waals surface area contributed by atoms with Crippen LogP contribution in [0.15, 0.2) is 28.0 Å². The van der Waals surface area contributed by atoms with E-state index >= 15 is 0 Å². The smallest absolute Gasteiger partial charge is 0.501 e. The third-order valence-corrected chi connectivity index (χ3v) is 5.50. The molecule has 1 rings (SSSR count). The third-order valence-electron chi connectivity index (χ3n) is 2.39. The Morgan fingerprint density at radius 2 is 1.70 bits per heavy atom. The molecule has 0 aromatic heterocycles. The van der Waals surface area contributed by atoms with E-state index in [0.29, 0.717) is 0 Å². The maximum Gasteiger partial charge on any atom is 0.501 e. The maximum absolute atomic E-state index is 12.4. The van der Waals surface area contributed by atoms with Crippen molar-refractivity contribution in [2.45, 2.75) is 15.3 Å². The summed E-state index contributed by atoms with van der Waals surface area (Å²) in [6.07, 6.45) is 0. The van der Waals surface area contributed by atoms with Crippen molar-refractivity contribution < 1.29 is 44.8 Å². The fourth-order valence-corrected chi connectivity index (χ4v) is 3.41. The van der Waals surface area contributed by atoms with Crippen molar-refractivity contribution in [3.8, 4) is 0 Å². The zero-order valence-corrected chi connectivity index (χ0v) is 12.2. The molecule has 0 aliphatic heterocycles. The second-order valence-corrected chi connectivity index (χ2v) is 7.87. The van der Waals surface area contributed by atoms with Crippen molar-refractivity contribution in [3.05, 3.63) is 28.3 Å². The molecule has 9 nitrogen and oxygen atoms in total. The van der Waals surface area contributed by atoms with Gasteiger partial charge in [-0.15, -0.1) is 0 Å². The summed E-state index contributed by atoms with van der Waals surface area (Å²) in [5, 5.41) is 21.1. The van der Waals surface area contributed by atoms with E-state index in [0.717, 1.165) is 0 Å². The van der Waals surface area contributed by atoms with Crippen LogP contribution in [0.2, 0.25) is 0 Å². The molecular formula is C9H5F3NO8S2-. The number of carboxylic acids is 1. The zero-order valence-electron chi connectivity index (χ0n) is 10.6. The van der Waals surface area contributed by atoms with Gasteiger partial charge in [0.25, 0.3) is 15.5 Å².